The van der Waals surface area contributed by atoms with Crippen molar-refractivity contribution in [2.45, 2.75) is 19.5 Å². The van der Waals surface area contributed by atoms with E-state index in [2.05, 4.69) is 15.6 Å². The third kappa shape index (κ3) is 6.13. The van der Waals surface area contributed by atoms with E-state index in [4.69, 9.17) is 0 Å². The summed E-state index contributed by atoms with van der Waals surface area (Å²) >= 11 is 1.48. The van der Waals surface area contributed by atoms with Crippen molar-refractivity contribution >= 4 is 34.5 Å². The van der Waals surface area contributed by atoms with Gasteiger partial charge in [0.2, 0.25) is 5.91 Å². The summed E-state index contributed by atoms with van der Waals surface area (Å²) in [6, 6.07) is 18.0. The van der Waals surface area contributed by atoms with Gasteiger partial charge < -0.3 is 10.6 Å². The average molecular weight is 496 g/mol. The number of hydrogen-bond acceptors (Lipinski definition) is 4. The molecule has 9 heteroatoms. The molecule has 4 aromatic rings. The van der Waals surface area contributed by atoms with E-state index in [9.17, 15) is 22.8 Å². The number of aromatic nitrogens is 1. The molecule has 0 saturated heterocycles. The van der Waals surface area contributed by atoms with Crippen LogP contribution in [0.25, 0.3) is 11.1 Å². The minimum atomic E-state index is -4.43. The number of nitrogens with one attached hydrogen (secondary N) is 2. The van der Waals surface area contributed by atoms with Crippen LogP contribution in [0, 0.1) is 6.92 Å². The second-order valence-corrected chi connectivity index (χ2v) is 8.80. The lowest BCUT2D eigenvalue weighted by atomic mass is 9.98. The number of aryl methyl sites for hydroxylation is 1. The number of hydrogen-bond donors (Lipinski definition) is 2. The summed E-state index contributed by atoms with van der Waals surface area (Å²) in [5, 5.41) is 8.32. The Balaban J connectivity index is 1.43. The van der Waals surface area contributed by atoms with Crippen molar-refractivity contribution in [2.24, 2.45) is 0 Å². The number of alkyl halides is 3. The maximum absolute atomic E-state index is 12.9. The second kappa shape index (κ2) is 10.1. The zero-order valence-electron chi connectivity index (χ0n) is 18.5. The van der Waals surface area contributed by atoms with Crippen molar-refractivity contribution in [3.63, 3.8) is 0 Å². The fourth-order valence-electron chi connectivity index (χ4n) is 3.47. The highest BCUT2D eigenvalue weighted by molar-refractivity contribution is 7.09. The highest BCUT2D eigenvalue weighted by Crippen LogP contribution is 2.32. The zero-order valence-corrected chi connectivity index (χ0v) is 19.3. The van der Waals surface area contributed by atoms with Crippen LogP contribution in [0.4, 0.5) is 24.5 Å². The van der Waals surface area contributed by atoms with Crippen LogP contribution >= 0.6 is 11.3 Å². The third-order valence-electron chi connectivity index (χ3n) is 5.13. The summed E-state index contributed by atoms with van der Waals surface area (Å²) in [6.45, 7) is 1.88. The van der Waals surface area contributed by atoms with Gasteiger partial charge in [-0.3, -0.25) is 9.59 Å². The molecule has 0 aliphatic heterocycles. The molecular formula is C26H20F3N3O2S. The van der Waals surface area contributed by atoms with E-state index in [1.165, 1.54) is 23.5 Å². The average Bonchev–Trinajstić information content (AvgIpc) is 3.24. The van der Waals surface area contributed by atoms with Gasteiger partial charge in [-0.05, 0) is 60.5 Å². The lowest BCUT2D eigenvalue weighted by Crippen LogP contribution is -2.15. The van der Waals surface area contributed by atoms with Crippen LogP contribution in [-0.2, 0) is 17.4 Å². The van der Waals surface area contributed by atoms with Gasteiger partial charge in [0.05, 0.1) is 22.7 Å². The predicted octanol–water partition coefficient (Wildman–Crippen LogP) is 6.57. The Morgan fingerprint density at radius 1 is 0.886 bits per heavy atom. The molecule has 0 spiro atoms. The molecule has 3 aromatic carbocycles. The number of nitrogens with zero attached hydrogens (tertiary/aromatic N) is 1. The molecule has 0 aliphatic carbocycles. The lowest BCUT2D eigenvalue weighted by Gasteiger charge is -2.12. The third-order valence-corrected chi connectivity index (χ3v) is 5.95. The van der Waals surface area contributed by atoms with Gasteiger partial charge in [-0.2, -0.15) is 13.2 Å². The van der Waals surface area contributed by atoms with Gasteiger partial charge in [0.25, 0.3) is 5.91 Å². The Hall–Kier alpha value is -3.98. The molecule has 0 fully saturated rings. The number of rotatable bonds is 6. The van der Waals surface area contributed by atoms with Crippen LogP contribution in [0.1, 0.15) is 26.6 Å². The highest BCUT2D eigenvalue weighted by atomic mass is 32.1. The van der Waals surface area contributed by atoms with Gasteiger partial charge in [0.1, 0.15) is 0 Å². The molecular weight excluding hydrogens is 475 g/mol. The Kier molecular flexibility index (Phi) is 6.97. The molecule has 0 atom stereocenters. The fourth-order valence-corrected chi connectivity index (χ4v) is 4.08. The first-order valence-electron chi connectivity index (χ1n) is 10.6. The number of carbonyl (C=O) groups excluding carboxylic acids is 2. The first kappa shape index (κ1) is 24.2. The van der Waals surface area contributed by atoms with Crippen LogP contribution in [0.15, 0.2) is 78.2 Å². The number of halogens is 3. The Bertz CT molecular complexity index is 1350. The van der Waals surface area contributed by atoms with Crippen LogP contribution in [0.3, 0.4) is 0 Å². The molecule has 0 saturated carbocycles. The van der Waals surface area contributed by atoms with Crippen molar-refractivity contribution < 1.29 is 22.8 Å². The van der Waals surface area contributed by atoms with Crippen molar-refractivity contribution in [3.8, 4) is 11.1 Å². The molecule has 2 N–H and O–H groups in total. The smallest absolute Gasteiger partial charge is 0.326 e. The standard InChI is InChI=1S/C26H20F3N3O2S/c1-16-30-21(15-35-16)14-24(33)31-19-10-12-20(13-11-19)32-25(34)23-5-3-2-4-22(23)17-6-8-18(9-7-17)26(27,28)29/h2-13,15H,14H2,1H3,(H,31,33)(H,32,34). The zero-order chi connectivity index (χ0) is 25.0. The van der Waals surface area contributed by atoms with E-state index < -0.39 is 17.6 Å². The molecule has 1 aromatic heterocycles. The summed E-state index contributed by atoms with van der Waals surface area (Å²) in [7, 11) is 0. The van der Waals surface area contributed by atoms with Crippen molar-refractivity contribution in [1.82, 2.24) is 4.98 Å². The van der Waals surface area contributed by atoms with Crippen molar-refractivity contribution in [3.05, 3.63) is 100 Å². The van der Waals surface area contributed by atoms with Gasteiger partial charge >= 0.3 is 6.18 Å². The van der Waals surface area contributed by atoms with E-state index >= 15 is 0 Å². The predicted molar refractivity (Wildman–Crippen MR) is 130 cm³/mol. The highest BCUT2D eigenvalue weighted by Gasteiger charge is 2.30. The quantitative estimate of drug-likeness (QED) is 0.318. The van der Waals surface area contributed by atoms with E-state index in [-0.39, 0.29) is 12.3 Å². The van der Waals surface area contributed by atoms with Gasteiger partial charge in [0.15, 0.2) is 0 Å². The molecule has 5 nitrogen and oxygen atoms in total. The van der Waals surface area contributed by atoms with Crippen LogP contribution in [-0.4, -0.2) is 16.8 Å². The Morgan fingerprint density at radius 3 is 2.11 bits per heavy atom. The number of thiazole rings is 1. The minimum Gasteiger partial charge on any atom is -0.326 e. The first-order chi connectivity index (χ1) is 16.7. The minimum absolute atomic E-state index is 0.170. The molecule has 1 heterocycles. The van der Waals surface area contributed by atoms with Gasteiger partial charge in [0, 0.05) is 22.3 Å². The van der Waals surface area contributed by atoms with Gasteiger partial charge in [-0.1, -0.05) is 30.3 Å². The van der Waals surface area contributed by atoms with Crippen LogP contribution in [0.5, 0.6) is 0 Å². The molecule has 178 valence electrons. The maximum atomic E-state index is 12.9. The topological polar surface area (TPSA) is 71.1 Å². The maximum Gasteiger partial charge on any atom is 0.416 e. The van der Waals surface area contributed by atoms with Gasteiger partial charge in [-0.15, -0.1) is 11.3 Å². The Labute approximate surface area is 203 Å². The molecule has 0 radical (unpaired) electrons. The Morgan fingerprint density at radius 2 is 1.51 bits per heavy atom. The fraction of sp³-hybridized carbons (Fsp3) is 0.115. The molecule has 0 unspecified atom stereocenters. The molecule has 0 aliphatic rings. The van der Waals surface area contributed by atoms with Crippen molar-refractivity contribution in [2.75, 3.05) is 10.6 Å². The summed E-state index contributed by atoms with van der Waals surface area (Å²) in [6.07, 6.45) is -4.26. The lowest BCUT2D eigenvalue weighted by molar-refractivity contribution is -0.137. The molecule has 35 heavy (non-hydrogen) atoms. The van der Waals surface area contributed by atoms with Crippen LogP contribution < -0.4 is 10.6 Å². The molecule has 0 bridgehead atoms. The first-order valence-corrected chi connectivity index (χ1v) is 11.5. The van der Waals surface area contributed by atoms with Crippen LogP contribution in [0.2, 0.25) is 0 Å². The van der Waals surface area contributed by atoms with E-state index in [0.29, 0.717) is 33.8 Å². The van der Waals surface area contributed by atoms with E-state index in [1.54, 1.807) is 48.5 Å². The SMILES string of the molecule is Cc1nc(CC(=O)Nc2ccc(NC(=O)c3ccccc3-c3ccc(C(F)(F)F)cc3)cc2)cs1. The normalized spacial score (nSPS) is 11.2. The monoisotopic (exact) mass is 495 g/mol. The number of anilines is 2. The number of carbonyl (C=O) groups is 2. The summed E-state index contributed by atoms with van der Waals surface area (Å²) in [5.74, 6) is -0.603. The number of benzene rings is 3. The summed E-state index contributed by atoms with van der Waals surface area (Å²) in [5.41, 5.74) is 2.37. The molecule has 2 amide bonds. The van der Waals surface area contributed by atoms with Crippen molar-refractivity contribution in [1.29, 1.82) is 0 Å². The summed E-state index contributed by atoms with van der Waals surface area (Å²) in [4.78, 5) is 29.4. The second-order valence-electron chi connectivity index (χ2n) is 7.73. The summed E-state index contributed by atoms with van der Waals surface area (Å²) < 4.78 is 38.6. The van der Waals surface area contributed by atoms with E-state index in [0.717, 1.165) is 17.1 Å². The van der Waals surface area contributed by atoms with Gasteiger partial charge in [-0.25, -0.2) is 4.98 Å². The van der Waals surface area contributed by atoms with E-state index in [1.807, 2.05) is 12.3 Å². The molecule has 4 rings (SSSR count). The largest absolute Gasteiger partial charge is 0.416 e. The number of amides is 2.